The van der Waals surface area contributed by atoms with Crippen molar-refractivity contribution in [3.8, 4) is 5.75 Å². The summed E-state index contributed by atoms with van der Waals surface area (Å²) in [6.45, 7) is 6.82. The van der Waals surface area contributed by atoms with Gasteiger partial charge in [-0.25, -0.2) is 9.97 Å². The lowest BCUT2D eigenvalue weighted by molar-refractivity contribution is -0.130. The average molecular weight is 382 g/mol. The third-order valence-corrected chi connectivity index (χ3v) is 5.19. The monoisotopic (exact) mass is 382 g/mol. The molecule has 1 fully saturated rings. The zero-order chi connectivity index (χ0) is 19.3. The molecule has 0 radical (unpaired) electrons. The van der Waals surface area contributed by atoms with E-state index in [9.17, 15) is 4.79 Å². The molecular weight excluding hydrogens is 356 g/mol. The van der Waals surface area contributed by atoms with E-state index in [0.29, 0.717) is 32.7 Å². The summed E-state index contributed by atoms with van der Waals surface area (Å²) in [5, 5.41) is 0. The molecule has 7 heteroatoms. The second-order valence-electron chi connectivity index (χ2n) is 7.07. The molecule has 0 aliphatic carbocycles. The van der Waals surface area contributed by atoms with Crippen molar-refractivity contribution >= 4 is 11.9 Å². The molecular formula is C21H26N4O3. The van der Waals surface area contributed by atoms with Gasteiger partial charge < -0.3 is 19.3 Å². The van der Waals surface area contributed by atoms with E-state index >= 15 is 0 Å². The summed E-state index contributed by atoms with van der Waals surface area (Å²) in [5.41, 5.74) is 3.18. The molecule has 7 nitrogen and oxygen atoms in total. The first-order valence-electron chi connectivity index (χ1n) is 9.90. The van der Waals surface area contributed by atoms with E-state index in [2.05, 4.69) is 9.88 Å². The number of aromatic nitrogens is 2. The van der Waals surface area contributed by atoms with Crippen LogP contribution in [-0.2, 0) is 29.0 Å². The van der Waals surface area contributed by atoms with Crippen molar-refractivity contribution in [1.82, 2.24) is 14.9 Å². The fourth-order valence-corrected chi connectivity index (χ4v) is 3.58. The largest absolute Gasteiger partial charge is 0.494 e. The molecule has 0 N–H and O–H groups in total. The zero-order valence-corrected chi connectivity index (χ0v) is 16.3. The number of piperazine rings is 1. The molecule has 0 bridgehead atoms. The summed E-state index contributed by atoms with van der Waals surface area (Å²) in [5.74, 6) is 1.76. The van der Waals surface area contributed by atoms with Crippen LogP contribution < -0.4 is 9.64 Å². The lowest BCUT2D eigenvalue weighted by atomic mass is 10.1. The third-order valence-electron chi connectivity index (χ3n) is 5.19. The number of amides is 1. The number of carbonyl (C=O) groups excluding carboxylic acids is 1. The summed E-state index contributed by atoms with van der Waals surface area (Å²) in [6.07, 6.45) is 3.13. The van der Waals surface area contributed by atoms with Gasteiger partial charge in [0.05, 0.1) is 31.9 Å². The van der Waals surface area contributed by atoms with Crippen LogP contribution in [0.15, 0.2) is 30.5 Å². The van der Waals surface area contributed by atoms with Gasteiger partial charge in [0, 0.05) is 44.4 Å². The summed E-state index contributed by atoms with van der Waals surface area (Å²) < 4.78 is 10.9. The van der Waals surface area contributed by atoms with Crippen molar-refractivity contribution in [2.24, 2.45) is 0 Å². The average Bonchev–Trinajstić information content (AvgIpc) is 2.75. The fourth-order valence-electron chi connectivity index (χ4n) is 3.58. The highest BCUT2D eigenvalue weighted by Crippen LogP contribution is 2.19. The van der Waals surface area contributed by atoms with Crippen LogP contribution in [0.3, 0.4) is 0 Å². The molecule has 0 saturated carbocycles. The van der Waals surface area contributed by atoms with Crippen LogP contribution >= 0.6 is 0 Å². The van der Waals surface area contributed by atoms with Crippen LogP contribution in [0, 0.1) is 0 Å². The van der Waals surface area contributed by atoms with Gasteiger partial charge in [-0.3, -0.25) is 4.79 Å². The summed E-state index contributed by atoms with van der Waals surface area (Å²) in [6, 6.07) is 7.76. The lowest BCUT2D eigenvalue weighted by Gasteiger charge is -2.35. The molecule has 4 rings (SSSR count). The Balaban J connectivity index is 1.31. The van der Waals surface area contributed by atoms with Crippen LogP contribution in [-0.4, -0.2) is 60.2 Å². The van der Waals surface area contributed by atoms with Crippen molar-refractivity contribution in [3.63, 3.8) is 0 Å². The number of nitrogens with zero attached hydrogens (tertiary/aromatic N) is 4. The van der Waals surface area contributed by atoms with Crippen LogP contribution in [0.1, 0.15) is 23.7 Å². The Kier molecular flexibility index (Phi) is 5.71. The number of hydrogen-bond acceptors (Lipinski definition) is 6. The lowest BCUT2D eigenvalue weighted by Crippen LogP contribution is -2.49. The van der Waals surface area contributed by atoms with E-state index in [1.165, 1.54) is 0 Å². The van der Waals surface area contributed by atoms with Crippen molar-refractivity contribution < 1.29 is 14.3 Å². The van der Waals surface area contributed by atoms with E-state index in [1.807, 2.05) is 42.3 Å². The first-order chi connectivity index (χ1) is 13.7. The topological polar surface area (TPSA) is 67.8 Å². The van der Waals surface area contributed by atoms with E-state index in [1.54, 1.807) is 0 Å². The van der Waals surface area contributed by atoms with Crippen molar-refractivity contribution in [1.29, 1.82) is 0 Å². The van der Waals surface area contributed by atoms with Crippen molar-refractivity contribution in [2.45, 2.75) is 26.4 Å². The van der Waals surface area contributed by atoms with Crippen LogP contribution in [0.2, 0.25) is 0 Å². The molecule has 0 atom stereocenters. The molecule has 0 spiro atoms. The first-order valence-corrected chi connectivity index (χ1v) is 9.90. The Morgan fingerprint density at radius 2 is 1.96 bits per heavy atom. The molecule has 2 aliphatic rings. The maximum absolute atomic E-state index is 12.6. The molecule has 1 saturated heterocycles. The molecule has 2 aromatic rings. The summed E-state index contributed by atoms with van der Waals surface area (Å²) in [7, 11) is 0. The van der Waals surface area contributed by atoms with Crippen LogP contribution in [0.4, 0.5) is 5.95 Å². The SMILES string of the molecule is CCOc1ccc(CC(=O)N2CCN(c3ncc4c(n3)CCOC4)CC2)cc1. The minimum atomic E-state index is 0.160. The quantitative estimate of drug-likeness (QED) is 0.786. The van der Waals surface area contributed by atoms with Gasteiger partial charge >= 0.3 is 0 Å². The Morgan fingerprint density at radius 1 is 1.18 bits per heavy atom. The standard InChI is InChI=1S/C21H26N4O3/c1-2-28-18-5-3-16(4-6-18)13-20(26)24-8-10-25(11-9-24)21-22-14-17-15-27-12-7-19(17)23-21/h3-6,14H,2,7-13,15H2,1H3. The van der Waals surface area contributed by atoms with Crippen molar-refractivity contribution in [3.05, 3.63) is 47.3 Å². The summed E-state index contributed by atoms with van der Waals surface area (Å²) in [4.78, 5) is 26.0. The van der Waals surface area contributed by atoms with Gasteiger partial charge in [0.25, 0.3) is 0 Å². The van der Waals surface area contributed by atoms with Gasteiger partial charge in [0.15, 0.2) is 0 Å². The smallest absolute Gasteiger partial charge is 0.227 e. The van der Waals surface area contributed by atoms with E-state index < -0.39 is 0 Å². The molecule has 148 valence electrons. The van der Waals surface area contributed by atoms with Gasteiger partial charge in [0.1, 0.15) is 5.75 Å². The highest BCUT2D eigenvalue weighted by atomic mass is 16.5. The highest BCUT2D eigenvalue weighted by molar-refractivity contribution is 5.79. The number of ether oxygens (including phenoxy) is 2. The molecule has 28 heavy (non-hydrogen) atoms. The predicted octanol–water partition coefficient (Wildman–Crippen LogP) is 1.84. The number of hydrogen-bond donors (Lipinski definition) is 0. The van der Waals surface area contributed by atoms with Gasteiger partial charge in [-0.15, -0.1) is 0 Å². The predicted molar refractivity (Wildman–Crippen MR) is 106 cm³/mol. The Labute approximate surface area is 165 Å². The van der Waals surface area contributed by atoms with Gasteiger partial charge in [-0.2, -0.15) is 0 Å². The van der Waals surface area contributed by atoms with Gasteiger partial charge in [-0.05, 0) is 24.6 Å². The second kappa shape index (κ2) is 8.56. The highest BCUT2D eigenvalue weighted by Gasteiger charge is 2.23. The molecule has 1 aromatic heterocycles. The van der Waals surface area contributed by atoms with Gasteiger partial charge in [-0.1, -0.05) is 12.1 Å². The van der Waals surface area contributed by atoms with Crippen LogP contribution in [0.5, 0.6) is 5.75 Å². The maximum atomic E-state index is 12.6. The zero-order valence-electron chi connectivity index (χ0n) is 16.3. The molecule has 0 unspecified atom stereocenters. The Morgan fingerprint density at radius 3 is 2.71 bits per heavy atom. The summed E-state index contributed by atoms with van der Waals surface area (Å²) >= 11 is 0. The normalized spacial score (nSPS) is 16.6. The minimum Gasteiger partial charge on any atom is -0.494 e. The van der Waals surface area contributed by atoms with Crippen molar-refractivity contribution in [2.75, 3.05) is 44.3 Å². The number of rotatable bonds is 5. The number of benzene rings is 1. The molecule has 1 amide bonds. The third kappa shape index (κ3) is 4.25. The minimum absolute atomic E-state index is 0.160. The molecule has 2 aliphatic heterocycles. The Bertz CT molecular complexity index is 817. The number of carbonyl (C=O) groups is 1. The van der Waals surface area contributed by atoms with E-state index in [-0.39, 0.29) is 5.91 Å². The second-order valence-corrected chi connectivity index (χ2v) is 7.07. The number of anilines is 1. The maximum Gasteiger partial charge on any atom is 0.227 e. The Hall–Kier alpha value is -2.67. The fraction of sp³-hybridized carbons (Fsp3) is 0.476. The molecule has 1 aromatic carbocycles. The first kappa shape index (κ1) is 18.7. The molecule has 3 heterocycles. The van der Waals surface area contributed by atoms with Gasteiger partial charge in [0.2, 0.25) is 11.9 Å². The van der Waals surface area contributed by atoms with E-state index in [0.717, 1.165) is 54.6 Å². The van der Waals surface area contributed by atoms with Crippen LogP contribution in [0.25, 0.3) is 0 Å². The van der Waals surface area contributed by atoms with E-state index in [4.69, 9.17) is 14.5 Å². The number of fused-ring (bicyclic) bond motifs is 1.